The summed E-state index contributed by atoms with van der Waals surface area (Å²) in [7, 11) is 0. The van der Waals surface area contributed by atoms with Crippen molar-refractivity contribution in [3.8, 4) is 56.5 Å². The molecule has 1 N–H and O–H groups in total. The van der Waals surface area contributed by atoms with Crippen molar-refractivity contribution < 1.29 is 5.11 Å². The lowest BCUT2D eigenvalue weighted by Gasteiger charge is -2.26. The van der Waals surface area contributed by atoms with Crippen LogP contribution in [-0.2, 0) is 10.8 Å². The Labute approximate surface area is 282 Å². The van der Waals surface area contributed by atoms with Gasteiger partial charge in [-0.15, -0.1) is 0 Å². The molecule has 5 nitrogen and oxygen atoms in total. The number of hydrogen-bond donors (Lipinski definition) is 1. The fourth-order valence-electron chi connectivity index (χ4n) is 6.24. The monoisotopic (exact) mass is 628 g/mol. The number of hydrogen-bond acceptors (Lipinski definition) is 4. The molecule has 7 aromatic rings. The molecule has 48 heavy (non-hydrogen) atoms. The number of fused-ring (bicyclic) bond motifs is 1. The average molecular weight is 629 g/mol. The highest BCUT2D eigenvalue weighted by molar-refractivity contribution is 5.97. The van der Waals surface area contributed by atoms with Crippen molar-refractivity contribution in [2.75, 3.05) is 0 Å². The van der Waals surface area contributed by atoms with E-state index >= 15 is 0 Å². The van der Waals surface area contributed by atoms with Crippen molar-refractivity contribution in [3.63, 3.8) is 0 Å². The number of aromatic hydroxyl groups is 1. The van der Waals surface area contributed by atoms with Crippen LogP contribution in [0.5, 0.6) is 5.75 Å². The van der Waals surface area contributed by atoms with E-state index in [-0.39, 0.29) is 16.6 Å². The average Bonchev–Trinajstić information content (AvgIpc) is 3.48. The second-order valence-corrected chi connectivity index (χ2v) is 14.4. The molecule has 0 aliphatic heterocycles. The molecule has 0 atom stereocenters. The molecule has 0 unspecified atom stereocenters. The van der Waals surface area contributed by atoms with Crippen LogP contribution < -0.4 is 0 Å². The predicted octanol–water partition coefficient (Wildman–Crippen LogP) is 10.8. The van der Waals surface area contributed by atoms with Crippen LogP contribution in [-0.4, -0.2) is 24.6 Å². The lowest BCUT2D eigenvalue weighted by Crippen LogP contribution is -2.19. The molecule has 3 heterocycles. The van der Waals surface area contributed by atoms with Gasteiger partial charge < -0.3 is 5.11 Å². The minimum Gasteiger partial charge on any atom is -0.505 e. The van der Waals surface area contributed by atoms with Crippen molar-refractivity contribution in [2.45, 2.75) is 52.4 Å². The van der Waals surface area contributed by atoms with E-state index in [0.717, 1.165) is 61.5 Å². The Bertz CT molecular complexity index is 2180. The summed E-state index contributed by atoms with van der Waals surface area (Å²) >= 11 is 0. The molecule has 7 rings (SSSR count). The normalized spacial score (nSPS) is 12.0. The third-order valence-electron chi connectivity index (χ3n) is 8.79. The zero-order valence-electron chi connectivity index (χ0n) is 28.4. The van der Waals surface area contributed by atoms with Gasteiger partial charge in [0, 0.05) is 39.7 Å². The highest BCUT2D eigenvalue weighted by Crippen LogP contribution is 2.43. The number of para-hydroxylation sites is 2. The summed E-state index contributed by atoms with van der Waals surface area (Å²) in [5.41, 5.74) is 10.6. The molecule has 3 aromatic heterocycles. The third-order valence-corrected chi connectivity index (χ3v) is 8.79. The maximum Gasteiger partial charge on any atom is 0.168 e. The third kappa shape index (κ3) is 5.77. The van der Waals surface area contributed by atoms with Crippen LogP contribution in [0.1, 0.15) is 52.8 Å². The van der Waals surface area contributed by atoms with Gasteiger partial charge in [-0.05, 0) is 76.7 Å². The summed E-state index contributed by atoms with van der Waals surface area (Å²) < 4.78 is 2.13. The van der Waals surface area contributed by atoms with Gasteiger partial charge in [0.15, 0.2) is 5.82 Å². The van der Waals surface area contributed by atoms with Gasteiger partial charge in [0.1, 0.15) is 11.4 Å². The van der Waals surface area contributed by atoms with E-state index in [1.54, 1.807) is 0 Å². The number of nitrogens with zero attached hydrogens (tertiary/aromatic N) is 4. The number of imidazole rings is 1. The van der Waals surface area contributed by atoms with Crippen LogP contribution in [0.15, 0.2) is 128 Å². The van der Waals surface area contributed by atoms with Gasteiger partial charge in [-0.3, -0.25) is 9.55 Å². The van der Waals surface area contributed by atoms with Crippen LogP contribution in [0.3, 0.4) is 0 Å². The van der Waals surface area contributed by atoms with Crippen LogP contribution in [0, 0.1) is 0 Å². The van der Waals surface area contributed by atoms with Gasteiger partial charge in [-0.1, -0.05) is 108 Å². The summed E-state index contributed by atoms with van der Waals surface area (Å²) in [6, 6.07) is 41.6. The molecule has 0 fully saturated rings. The molecule has 4 aromatic carbocycles. The molecule has 0 aliphatic carbocycles. The SMILES string of the molecule is CC(C)(C)c1cc(C(C)(C)C)c(O)c(-c2nc3c(-c4cc(-c5ccccc5)cc(-c5ccccn5)c4)cccc3n2-c2ccccc2)n1. The van der Waals surface area contributed by atoms with Crippen molar-refractivity contribution in [1.82, 2.24) is 19.5 Å². The quantitative estimate of drug-likeness (QED) is 0.206. The van der Waals surface area contributed by atoms with E-state index < -0.39 is 0 Å². The molecule has 0 saturated heterocycles. The first kappa shape index (κ1) is 31.1. The first-order valence-corrected chi connectivity index (χ1v) is 16.4. The van der Waals surface area contributed by atoms with Crippen molar-refractivity contribution >= 4 is 11.0 Å². The molecule has 0 amide bonds. The molecular formula is C43H40N4O. The van der Waals surface area contributed by atoms with Crippen LogP contribution in [0.4, 0.5) is 0 Å². The number of aromatic nitrogens is 4. The van der Waals surface area contributed by atoms with Gasteiger partial charge in [0.25, 0.3) is 0 Å². The zero-order valence-corrected chi connectivity index (χ0v) is 28.4. The number of rotatable bonds is 5. The van der Waals surface area contributed by atoms with Gasteiger partial charge in [-0.25, -0.2) is 9.97 Å². The lowest BCUT2D eigenvalue weighted by molar-refractivity contribution is 0.441. The molecule has 5 heteroatoms. The van der Waals surface area contributed by atoms with E-state index in [2.05, 4.69) is 124 Å². The molecule has 0 saturated carbocycles. The summed E-state index contributed by atoms with van der Waals surface area (Å²) in [5.74, 6) is 0.759. The van der Waals surface area contributed by atoms with E-state index in [4.69, 9.17) is 9.97 Å². The van der Waals surface area contributed by atoms with Crippen LogP contribution in [0.2, 0.25) is 0 Å². The Balaban J connectivity index is 1.55. The topological polar surface area (TPSA) is 63.8 Å². The van der Waals surface area contributed by atoms with Crippen LogP contribution >= 0.6 is 0 Å². The summed E-state index contributed by atoms with van der Waals surface area (Å²) in [4.78, 5) is 15.2. The van der Waals surface area contributed by atoms with Gasteiger partial charge in [-0.2, -0.15) is 0 Å². The first-order chi connectivity index (χ1) is 23.0. The molecule has 0 aliphatic rings. The van der Waals surface area contributed by atoms with Crippen molar-refractivity contribution in [1.29, 1.82) is 0 Å². The Kier molecular flexibility index (Phi) is 7.71. The Morgan fingerprint density at radius 2 is 1.25 bits per heavy atom. The molecule has 0 radical (unpaired) electrons. The lowest BCUT2D eigenvalue weighted by atomic mass is 9.82. The minimum atomic E-state index is -0.309. The van der Waals surface area contributed by atoms with Crippen LogP contribution in [0.25, 0.3) is 61.8 Å². The minimum absolute atomic E-state index is 0.160. The largest absolute Gasteiger partial charge is 0.505 e. The van der Waals surface area contributed by atoms with E-state index in [1.165, 1.54) is 0 Å². The molecule has 0 bridgehead atoms. The highest BCUT2D eigenvalue weighted by atomic mass is 16.3. The maximum atomic E-state index is 12.0. The summed E-state index contributed by atoms with van der Waals surface area (Å²) in [5, 5.41) is 12.0. The Hall–Kier alpha value is -5.55. The van der Waals surface area contributed by atoms with E-state index in [0.29, 0.717) is 11.5 Å². The van der Waals surface area contributed by atoms with Gasteiger partial charge in [0.05, 0.1) is 16.7 Å². The Morgan fingerprint density at radius 3 is 1.92 bits per heavy atom. The molecule has 238 valence electrons. The number of benzene rings is 4. The molecule has 0 spiro atoms. The highest BCUT2D eigenvalue weighted by Gasteiger charge is 2.29. The zero-order chi connectivity index (χ0) is 33.6. The van der Waals surface area contributed by atoms with E-state index in [9.17, 15) is 5.11 Å². The molecular weight excluding hydrogens is 589 g/mol. The first-order valence-electron chi connectivity index (χ1n) is 16.4. The standard InChI is InChI=1S/C43H40N4O/c1-42(2,3)34-27-37(43(4,5)6)45-39(40(34)48)41-46-38-33(20-15-22-36(38)47(41)32-18-11-8-12-19-32)30-24-29(28-16-9-7-10-17-28)25-31(26-30)35-21-13-14-23-44-35/h7-27,48H,1-6H3. The fraction of sp³-hybridized carbons (Fsp3) is 0.186. The smallest absolute Gasteiger partial charge is 0.168 e. The van der Waals surface area contributed by atoms with Gasteiger partial charge in [0.2, 0.25) is 0 Å². The predicted molar refractivity (Wildman–Crippen MR) is 197 cm³/mol. The fourth-order valence-corrected chi connectivity index (χ4v) is 6.24. The van der Waals surface area contributed by atoms with E-state index in [1.807, 2.05) is 54.7 Å². The van der Waals surface area contributed by atoms with Crippen molar-refractivity contribution in [3.05, 3.63) is 139 Å². The Morgan fingerprint density at radius 1 is 0.583 bits per heavy atom. The summed E-state index contributed by atoms with van der Waals surface area (Å²) in [6.45, 7) is 12.8. The second-order valence-electron chi connectivity index (χ2n) is 14.4. The number of pyridine rings is 2. The maximum absolute atomic E-state index is 12.0. The van der Waals surface area contributed by atoms with Crippen molar-refractivity contribution in [2.24, 2.45) is 0 Å². The van der Waals surface area contributed by atoms with Gasteiger partial charge >= 0.3 is 0 Å². The second kappa shape index (κ2) is 11.9. The summed E-state index contributed by atoms with van der Waals surface area (Å²) in [6.07, 6.45) is 1.83.